The topological polar surface area (TPSA) is 108 Å². The molecule has 34 heavy (non-hydrogen) atoms. The number of fused-ring (bicyclic) bond motifs is 1. The molecule has 2 unspecified atom stereocenters. The lowest BCUT2D eigenvalue weighted by atomic mass is 9.70. The lowest BCUT2D eigenvalue weighted by molar-refractivity contribution is -0.139. The highest BCUT2D eigenvalue weighted by molar-refractivity contribution is 6.30. The molecule has 3 fully saturated rings. The predicted octanol–water partition coefficient (Wildman–Crippen LogP) is 2.67. The van der Waals surface area contributed by atoms with Gasteiger partial charge in [-0.05, 0) is 55.7 Å². The summed E-state index contributed by atoms with van der Waals surface area (Å²) in [6.07, 6.45) is 1.000. The van der Waals surface area contributed by atoms with E-state index in [0.29, 0.717) is 35.7 Å². The third-order valence-electron chi connectivity index (χ3n) is 7.06. The molecule has 0 saturated carbocycles. The number of para-hydroxylation sites is 1. The number of amides is 3. The number of ether oxygens (including phenoxy) is 1. The molecule has 2 bridgehead atoms. The molecule has 5 atom stereocenters. The van der Waals surface area contributed by atoms with E-state index in [-0.39, 0.29) is 30.9 Å². The van der Waals surface area contributed by atoms with E-state index in [9.17, 15) is 19.5 Å². The molecule has 5 rings (SSSR count). The Morgan fingerprint density at radius 1 is 1.06 bits per heavy atom. The van der Waals surface area contributed by atoms with Gasteiger partial charge in [0, 0.05) is 29.5 Å². The first-order valence-corrected chi connectivity index (χ1v) is 11.8. The number of hydrogen-bond donors (Lipinski definition) is 3. The molecule has 8 nitrogen and oxygen atoms in total. The van der Waals surface area contributed by atoms with Crippen LogP contribution in [0.1, 0.15) is 19.3 Å². The Morgan fingerprint density at radius 3 is 2.44 bits per heavy atom. The van der Waals surface area contributed by atoms with Crippen LogP contribution in [0.3, 0.4) is 0 Å². The van der Waals surface area contributed by atoms with Gasteiger partial charge in [-0.3, -0.25) is 14.4 Å². The van der Waals surface area contributed by atoms with Gasteiger partial charge in [0.05, 0.1) is 17.9 Å². The minimum atomic E-state index is -1.08. The molecule has 178 valence electrons. The second-order valence-corrected chi connectivity index (χ2v) is 9.45. The smallest absolute Gasteiger partial charge is 0.250 e. The summed E-state index contributed by atoms with van der Waals surface area (Å²) in [5.74, 6) is -2.38. The number of nitrogens with one attached hydrogen (secondary N) is 2. The summed E-state index contributed by atoms with van der Waals surface area (Å²) in [6.45, 7) is 0.0850. The first-order valence-electron chi connectivity index (χ1n) is 11.5. The summed E-state index contributed by atoms with van der Waals surface area (Å²) >= 11 is 5.95. The van der Waals surface area contributed by atoms with E-state index in [0.717, 1.165) is 0 Å². The number of benzene rings is 2. The highest BCUT2D eigenvalue weighted by Gasteiger charge is 2.74. The fraction of sp³-hybridized carbons (Fsp3) is 0.400. The Labute approximate surface area is 202 Å². The van der Waals surface area contributed by atoms with Crippen molar-refractivity contribution in [3.63, 3.8) is 0 Å². The molecule has 3 saturated heterocycles. The lowest BCUT2D eigenvalue weighted by Gasteiger charge is -2.33. The van der Waals surface area contributed by atoms with E-state index < -0.39 is 29.6 Å². The van der Waals surface area contributed by atoms with Crippen LogP contribution in [0.15, 0.2) is 54.6 Å². The molecule has 0 aromatic heterocycles. The number of anilines is 2. The van der Waals surface area contributed by atoms with E-state index >= 15 is 0 Å². The Hall–Kier alpha value is -2.94. The first-order chi connectivity index (χ1) is 16.4. The third kappa shape index (κ3) is 3.76. The molecule has 3 N–H and O–H groups in total. The van der Waals surface area contributed by atoms with Gasteiger partial charge in [-0.2, -0.15) is 0 Å². The highest BCUT2D eigenvalue weighted by atomic mass is 35.5. The number of carbonyl (C=O) groups excluding carboxylic acids is 3. The Kier molecular flexibility index (Phi) is 6.06. The minimum absolute atomic E-state index is 0.117. The van der Waals surface area contributed by atoms with Crippen molar-refractivity contribution in [2.24, 2.45) is 11.8 Å². The van der Waals surface area contributed by atoms with Gasteiger partial charge in [-0.25, -0.2) is 0 Å². The van der Waals surface area contributed by atoms with Crippen LogP contribution in [-0.2, 0) is 19.1 Å². The van der Waals surface area contributed by atoms with Crippen LogP contribution in [0.4, 0.5) is 11.4 Å². The first kappa shape index (κ1) is 22.8. The fourth-order valence-corrected chi connectivity index (χ4v) is 5.85. The van der Waals surface area contributed by atoms with E-state index in [4.69, 9.17) is 16.3 Å². The largest absolute Gasteiger partial charge is 0.396 e. The molecule has 3 aliphatic heterocycles. The Balaban J connectivity index is 1.45. The van der Waals surface area contributed by atoms with Crippen molar-refractivity contribution in [2.45, 2.75) is 37.0 Å². The molecule has 1 spiro atoms. The van der Waals surface area contributed by atoms with E-state index in [2.05, 4.69) is 10.6 Å². The van der Waals surface area contributed by atoms with Crippen LogP contribution >= 0.6 is 11.6 Å². The summed E-state index contributed by atoms with van der Waals surface area (Å²) in [6, 6.07) is 14.9. The molecule has 3 amide bonds. The molecule has 9 heteroatoms. The van der Waals surface area contributed by atoms with Crippen molar-refractivity contribution >= 4 is 40.7 Å². The zero-order chi connectivity index (χ0) is 23.9. The molecule has 3 aliphatic rings. The average molecular weight is 484 g/mol. The third-order valence-corrected chi connectivity index (χ3v) is 7.31. The van der Waals surface area contributed by atoms with E-state index in [1.807, 2.05) is 18.2 Å². The number of hydrogen-bond acceptors (Lipinski definition) is 5. The van der Waals surface area contributed by atoms with Gasteiger partial charge in [-0.15, -0.1) is 0 Å². The molecule has 3 heterocycles. The van der Waals surface area contributed by atoms with Gasteiger partial charge in [0.2, 0.25) is 17.7 Å². The number of likely N-dealkylation sites (tertiary alicyclic amines) is 1. The second kappa shape index (κ2) is 9.02. The fourth-order valence-electron chi connectivity index (χ4n) is 5.73. The van der Waals surface area contributed by atoms with Crippen molar-refractivity contribution in [3.05, 3.63) is 59.6 Å². The van der Waals surface area contributed by atoms with E-state index in [1.165, 1.54) is 4.90 Å². The van der Waals surface area contributed by atoms with Crippen LogP contribution < -0.4 is 10.6 Å². The van der Waals surface area contributed by atoms with Crippen molar-refractivity contribution in [1.82, 2.24) is 4.90 Å². The zero-order valence-electron chi connectivity index (χ0n) is 18.4. The molecule has 2 aromatic carbocycles. The monoisotopic (exact) mass is 483 g/mol. The van der Waals surface area contributed by atoms with Gasteiger partial charge in [0.25, 0.3) is 0 Å². The number of rotatable bonds is 7. The summed E-state index contributed by atoms with van der Waals surface area (Å²) in [4.78, 5) is 42.0. The molecular formula is C25H26ClN3O5. The second-order valence-electron chi connectivity index (χ2n) is 9.02. The minimum Gasteiger partial charge on any atom is -0.396 e. The van der Waals surface area contributed by atoms with Gasteiger partial charge in [0.15, 0.2) is 0 Å². The number of aliphatic hydroxyl groups excluding tert-OH is 1. The summed E-state index contributed by atoms with van der Waals surface area (Å²) < 4.78 is 6.36. The standard InChI is InChI=1S/C25H26ClN3O5/c26-15-7-9-17(10-8-15)28-23(32)21-25-12-11-18(34-25)19(20(25)24(33)29(21)13-4-14-30)22(31)27-16-5-2-1-3-6-16/h1-3,5-10,18-21,30H,4,11-14H2,(H,27,31)(H,28,32)/t18-,19+,20+,21?,25?/m1/s1. The van der Waals surface area contributed by atoms with E-state index in [1.54, 1.807) is 36.4 Å². The molecule has 0 radical (unpaired) electrons. The van der Waals surface area contributed by atoms with Crippen LogP contribution in [0.5, 0.6) is 0 Å². The summed E-state index contributed by atoms with van der Waals surface area (Å²) in [5, 5.41) is 15.7. The Morgan fingerprint density at radius 2 is 1.74 bits per heavy atom. The maximum atomic E-state index is 13.6. The lowest BCUT2D eigenvalue weighted by Crippen LogP contribution is -2.53. The van der Waals surface area contributed by atoms with Gasteiger partial charge in [-0.1, -0.05) is 29.8 Å². The normalized spacial score (nSPS) is 29.2. The van der Waals surface area contributed by atoms with Crippen LogP contribution in [0.2, 0.25) is 5.02 Å². The van der Waals surface area contributed by atoms with Crippen LogP contribution in [0.25, 0.3) is 0 Å². The van der Waals surface area contributed by atoms with Crippen molar-refractivity contribution < 1.29 is 24.2 Å². The van der Waals surface area contributed by atoms with Crippen LogP contribution in [-0.4, -0.2) is 58.6 Å². The molecular weight excluding hydrogens is 458 g/mol. The van der Waals surface area contributed by atoms with Crippen molar-refractivity contribution in [1.29, 1.82) is 0 Å². The molecule has 0 aliphatic carbocycles. The number of nitrogens with zero attached hydrogens (tertiary/aromatic N) is 1. The zero-order valence-corrected chi connectivity index (χ0v) is 19.2. The summed E-state index contributed by atoms with van der Waals surface area (Å²) in [5.41, 5.74) is 0.116. The summed E-state index contributed by atoms with van der Waals surface area (Å²) in [7, 11) is 0. The number of carbonyl (C=O) groups is 3. The Bertz CT molecular complexity index is 1100. The maximum absolute atomic E-state index is 13.6. The van der Waals surface area contributed by atoms with Crippen LogP contribution in [0, 0.1) is 11.8 Å². The predicted molar refractivity (Wildman–Crippen MR) is 126 cm³/mol. The van der Waals surface area contributed by atoms with Gasteiger partial charge in [0.1, 0.15) is 11.6 Å². The quantitative estimate of drug-likeness (QED) is 0.561. The van der Waals surface area contributed by atoms with Crippen molar-refractivity contribution in [2.75, 3.05) is 23.8 Å². The van der Waals surface area contributed by atoms with Crippen molar-refractivity contribution in [3.8, 4) is 0 Å². The highest BCUT2D eigenvalue weighted by Crippen LogP contribution is 2.58. The SMILES string of the molecule is O=C(Nc1ccc(Cl)cc1)C1N(CCCO)C(=O)[C@@H]2[C@@H](C(=O)Nc3ccccc3)[C@H]3CCC12O3. The molecule has 2 aromatic rings. The number of halogens is 1. The number of aliphatic hydroxyl groups is 1. The maximum Gasteiger partial charge on any atom is 0.250 e. The van der Waals surface area contributed by atoms with Gasteiger partial charge >= 0.3 is 0 Å². The average Bonchev–Trinajstić information content (AvgIpc) is 3.47. The van der Waals surface area contributed by atoms with Gasteiger partial charge < -0.3 is 25.4 Å².